The predicted molar refractivity (Wildman–Crippen MR) is 66.0 cm³/mol. The van der Waals surface area contributed by atoms with Gasteiger partial charge in [0.2, 0.25) is 0 Å². The maximum Gasteiger partial charge on any atom is 0.128 e. The van der Waals surface area contributed by atoms with Crippen LogP contribution in [-0.4, -0.2) is 31.3 Å². The highest BCUT2D eigenvalue weighted by Gasteiger charge is 2.20. The van der Waals surface area contributed by atoms with E-state index in [0.29, 0.717) is 12.0 Å². The van der Waals surface area contributed by atoms with E-state index in [1.54, 1.807) is 7.11 Å². The van der Waals surface area contributed by atoms with Gasteiger partial charge in [0.05, 0.1) is 17.7 Å². The first kappa shape index (κ1) is 11.7. The lowest BCUT2D eigenvalue weighted by Crippen LogP contribution is -2.39. The minimum absolute atomic E-state index is 0.329. The van der Waals surface area contributed by atoms with Crippen molar-refractivity contribution in [3.05, 3.63) is 23.9 Å². The number of hydrogen-bond donors (Lipinski definition) is 0. The average molecular weight is 241 g/mol. The molecule has 1 aliphatic heterocycles. The number of rotatable bonds is 3. The monoisotopic (exact) mass is 240 g/mol. The van der Waals surface area contributed by atoms with E-state index in [2.05, 4.69) is 9.88 Å². The Hall–Kier alpha value is -0.800. The van der Waals surface area contributed by atoms with Crippen LogP contribution in [0, 0.1) is 0 Å². The third kappa shape index (κ3) is 2.66. The first-order valence-electron chi connectivity index (χ1n) is 5.63. The van der Waals surface area contributed by atoms with E-state index >= 15 is 0 Å². The number of pyridine rings is 1. The molecule has 88 valence electrons. The topological polar surface area (TPSA) is 25.4 Å². The maximum atomic E-state index is 5.79. The van der Waals surface area contributed by atoms with Crippen LogP contribution in [0.1, 0.15) is 18.5 Å². The molecule has 1 saturated heterocycles. The molecule has 1 aromatic rings. The lowest BCUT2D eigenvalue weighted by Gasteiger charge is -2.32. The van der Waals surface area contributed by atoms with Gasteiger partial charge in [0.25, 0.3) is 0 Å². The van der Waals surface area contributed by atoms with Crippen LogP contribution in [0.3, 0.4) is 0 Å². The second kappa shape index (κ2) is 5.51. The maximum absolute atomic E-state index is 5.79. The molecule has 1 aliphatic rings. The largest absolute Gasteiger partial charge is 0.380 e. The second-order valence-corrected chi connectivity index (χ2v) is 4.33. The summed E-state index contributed by atoms with van der Waals surface area (Å²) in [5.41, 5.74) is 0.929. The molecule has 3 nitrogen and oxygen atoms in total. The molecule has 16 heavy (non-hydrogen) atoms. The van der Waals surface area contributed by atoms with Crippen molar-refractivity contribution in [1.82, 2.24) is 4.98 Å². The molecule has 0 spiro atoms. The predicted octanol–water partition coefficient (Wildman–Crippen LogP) is 2.44. The molecular formula is C12H17ClN2O. The number of ether oxygens (including phenoxy) is 1. The Morgan fingerprint density at radius 1 is 1.56 bits per heavy atom. The SMILES string of the molecule is COC1CCCN(c2cccc(CCl)n2)C1. The fourth-order valence-electron chi connectivity index (χ4n) is 2.06. The molecule has 4 heteroatoms. The van der Waals surface area contributed by atoms with Crippen molar-refractivity contribution >= 4 is 17.4 Å². The minimum Gasteiger partial charge on any atom is -0.380 e. The summed E-state index contributed by atoms with van der Waals surface area (Å²) in [5, 5.41) is 0. The van der Waals surface area contributed by atoms with Crippen molar-refractivity contribution in [1.29, 1.82) is 0 Å². The highest BCUT2D eigenvalue weighted by atomic mass is 35.5. The van der Waals surface area contributed by atoms with E-state index in [1.807, 2.05) is 18.2 Å². The van der Waals surface area contributed by atoms with Crippen LogP contribution in [0.2, 0.25) is 0 Å². The van der Waals surface area contributed by atoms with Gasteiger partial charge in [-0.25, -0.2) is 4.98 Å². The molecule has 0 aliphatic carbocycles. The van der Waals surface area contributed by atoms with Gasteiger partial charge in [-0.1, -0.05) is 6.07 Å². The third-order valence-corrected chi connectivity index (χ3v) is 3.24. The zero-order valence-electron chi connectivity index (χ0n) is 9.53. The highest BCUT2D eigenvalue weighted by molar-refractivity contribution is 6.16. The van der Waals surface area contributed by atoms with Gasteiger partial charge in [-0.15, -0.1) is 11.6 Å². The molecule has 0 saturated carbocycles. The number of aromatic nitrogens is 1. The van der Waals surface area contributed by atoms with E-state index < -0.39 is 0 Å². The normalized spacial score (nSPS) is 21.1. The van der Waals surface area contributed by atoms with Crippen LogP contribution >= 0.6 is 11.6 Å². The van der Waals surface area contributed by atoms with Gasteiger partial charge in [-0.05, 0) is 25.0 Å². The average Bonchev–Trinajstić information content (AvgIpc) is 2.39. The minimum atomic E-state index is 0.329. The van der Waals surface area contributed by atoms with E-state index in [-0.39, 0.29) is 0 Å². The summed E-state index contributed by atoms with van der Waals surface area (Å²) >= 11 is 5.79. The lowest BCUT2D eigenvalue weighted by atomic mass is 10.1. The number of hydrogen-bond acceptors (Lipinski definition) is 3. The Kier molecular flexibility index (Phi) is 4.02. The zero-order chi connectivity index (χ0) is 11.4. The van der Waals surface area contributed by atoms with Crippen LogP contribution in [0.4, 0.5) is 5.82 Å². The van der Waals surface area contributed by atoms with Crippen molar-refractivity contribution in [2.24, 2.45) is 0 Å². The zero-order valence-corrected chi connectivity index (χ0v) is 10.3. The van der Waals surface area contributed by atoms with Crippen molar-refractivity contribution in [2.45, 2.75) is 24.8 Å². The summed E-state index contributed by atoms with van der Waals surface area (Å²) in [4.78, 5) is 6.79. The smallest absolute Gasteiger partial charge is 0.128 e. The Labute approximate surface area is 101 Å². The Balaban J connectivity index is 2.10. The molecule has 1 unspecified atom stereocenters. The number of halogens is 1. The molecule has 0 aromatic carbocycles. The van der Waals surface area contributed by atoms with Crippen molar-refractivity contribution in [3.8, 4) is 0 Å². The first-order valence-corrected chi connectivity index (χ1v) is 6.16. The molecule has 1 aromatic heterocycles. The Morgan fingerprint density at radius 3 is 3.19 bits per heavy atom. The number of nitrogens with zero attached hydrogens (tertiary/aromatic N) is 2. The van der Waals surface area contributed by atoms with E-state index in [4.69, 9.17) is 16.3 Å². The van der Waals surface area contributed by atoms with Gasteiger partial charge >= 0.3 is 0 Å². The molecule has 0 bridgehead atoms. The van der Waals surface area contributed by atoms with Crippen molar-refractivity contribution in [3.63, 3.8) is 0 Å². The van der Waals surface area contributed by atoms with Crippen molar-refractivity contribution < 1.29 is 4.74 Å². The van der Waals surface area contributed by atoms with Crippen molar-refractivity contribution in [2.75, 3.05) is 25.1 Å². The van der Waals surface area contributed by atoms with Crippen LogP contribution in [-0.2, 0) is 10.6 Å². The summed E-state index contributed by atoms with van der Waals surface area (Å²) in [6.45, 7) is 1.98. The van der Waals surface area contributed by atoms with Gasteiger partial charge in [0.1, 0.15) is 5.82 Å². The molecule has 0 amide bonds. The van der Waals surface area contributed by atoms with Gasteiger partial charge in [0, 0.05) is 20.2 Å². The van der Waals surface area contributed by atoms with Crippen LogP contribution in [0.25, 0.3) is 0 Å². The number of anilines is 1. The second-order valence-electron chi connectivity index (χ2n) is 4.07. The van der Waals surface area contributed by atoms with E-state index in [9.17, 15) is 0 Å². The van der Waals surface area contributed by atoms with Crippen LogP contribution in [0.5, 0.6) is 0 Å². The van der Waals surface area contributed by atoms with Gasteiger partial charge in [0.15, 0.2) is 0 Å². The number of piperidine rings is 1. The van der Waals surface area contributed by atoms with Gasteiger partial charge in [-0.3, -0.25) is 0 Å². The Bertz CT molecular complexity index is 346. The van der Waals surface area contributed by atoms with Crippen LogP contribution in [0.15, 0.2) is 18.2 Å². The molecule has 2 heterocycles. The number of alkyl halides is 1. The summed E-state index contributed by atoms with van der Waals surface area (Å²) in [6, 6.07) is 6.00. The molecule has 1 fully saturated rings. The Morgan fingerprint density at radius 2 is 2.44 bits per heavy atom. The summed E-state index contributed by atoms with van der Waals surface area (Å²) in [7, 11) is 1.77. The highest BCUT2D eigenvalue weighted by Crippen LogP contribution is 2.19. The van der Waals surface area contributed by atoms with Gasteiger partial charge < -0.3 is 9.64 Å². The van der Waals surface area contributed by atoms with E-state index in [1.165, 1.54) is 0 Å². The fourth-order valence-corrected chi connectivity index (χ4v) is 2.20. The molecule has 0 N–H and O–H groups in total. The van der Waals surface area contributed by atoms with Crippen LogP contribution < -0.4 is 4.90 Å². The molecule has 0 radical (unpaired) electrons. The summed E-state index contributed by atoms with van der Waals surface area (Å²) in [5.74, 6) is 1.48. The summed E-state index contributed by atoms with van der Waals surface area (Å²) < 4.78 is 5.40. The number of methoxy groups -OCH3 is 1. The fraction of sp³-hybridized carbons (Fsp3) is 0.583. The lowest BCUT2D eigenvalue weighted by molar-refractivity contribution is 0.0891. The van der Waals surface area contributed by atoms with Gasteiger partial charge in [-0.2, -0.15) is 0 Å². The first-order chi connectivity index (χ1) is 7.83. The standard InChI is InChI=1S/C12H17ClN2O/c1-16-11-5-3-7-15(9-11)12-6-2-4-10(8-13)14-12/h2,4,6,11H,3,5,7-9H2,1H3. The third-order valence-electron chi connectivity index (χ3n) is 2.96. The molecular weight excluding hydrogens is 224 g/mol. The molecule has 1 atom stereocenters. The van der Waals surface area contributed by atoms with E-state index in [0.717, 1.165) is 37.4 Å². The quantitative estimate of drug-likeness (QED) is 0.759. The molecule has 2 rings (SSSR count). The summed E-state index contributed by atoms with van der Waals surface area (Å²) in [6.07, 6.45) is 2.63.